The van der Waals surface area contributed by atoms with Crippen molar-refractivity contribution in [1.29, 1.82) is 0 Å². The topological polar surface area (TPSA) is 36.9 Å². The summed E-state index contributed by atoms with van der Waals surface area (Å²) in [5.74, 6) is 0. The molecular formula is C7H14O4. The van der Waals surface area contributed by atoms with Gasteiger partial charge in [0.2, 0.25) is 0 Å². The van der Waals surface area contributed by atoms with Crippen LogP contribution in [0.25, 0.3) is 0 Å². The van der Waals surface area contributed by atoms with Gasteiger partial charge in [-0.2, -0.15) is 0 Å². The van der Waals surface area contributed by atoms with Gasteiger partial charge in [-0.1, -0.05) is 0 Å². The van der Waals surface area contributed by atoms with Crippen molar-refractivity contribution in [3.63, 3.8) is 0 Å². The standard InChI is InChI=1S/C7H14O4/c1-8-5-6(9-2)7-10-3-4-11-7/h6-7H,3-5H2,1-2H3/t6-/m1/s1. The molecule has 4 nitrogen and oxygen atoms in total. The van der Waals surface area contributed by atoms with Gasteiger partial charge in [0, 0.05) is 14.2 Å². The first-order chi connectivity index (χ1) is 5.38. The maximum atomic E-state index is 5.23. The average Bonchev–Trinajstić information content (AvgIpc) is 2.52. The Bertz CT molecular complexity index is 101. The van der Waals surface area contributed by atoms with Crippen molar-refractivity contribution in [2.45, 2.75) is 12.4 Å². The summed E-state index contributed by atoms with van der Waals surface area (Å²) in [5.41, 5.74) is 0. The smallest absolute Gasteiger partial charge is 0.186 e. The zero-order valence-electron chi connectivity index (χ0n) is 6.91. The largest absolute Gasteiger partial charge is 0.382 e. The predicted molar refractivity (Wildman–Crippen MR) is 38.4 cm³/mol. The molecule has 11 heavy (non-hydrogen) atoms. The normalized spacial score (nSPS) is 22.4. The fraction of sp³-hybridized carbons (Fsp3) is 1.00. The van der Waals surface area contributed by atoms with E-state index in [9.17, 15) is 0 Å². The minimum Gasteiger partial charge on any atom is -0.382 e. The van der Waals surface area contributed by atoms with Crippen molar-refractivity contribution >= 4 is 0 Å². The van der Waals surface area contributed by atoms with Crippen LogP contribution in [-0.4, -0.2) is 46.4 Å². The fourth-order valence-corrected chi connectivity index (χ4v) is 1.01. The monoisotopic (exact) mass is 162 g/mol. The van der Waals surface area contributed by atoms with Crippen LogP contribution >= 0.6 is 0 Å². The van der Waals surface area contributed by atoms with Gasteiger partial charge in [0.25, 0.3) is 0 Å². The Balaban J connectivity index is 2.27. The molecule has 1 saturated heterocycles. The SMILES string of the molecule is COC[C@@H](OC)C1OCCO1. The zero-order chi connectivity index (χ0) is 8.10. The van der Waals surface area contributed by atoms with Crippen molar-refractivity contribution in [2.75, 3.05) is 34.0 Å². The highest BCUT2D eigenvalue weighted by Crippen LogP contribution is 2.10. The Hall–Kier alpha value is -0.160. The van der Waals surface area contributed by atoms with Gasteiger partial charge < -0.3 is 18.9 Å². The molecule has 0 radical (unpaired) electrons. The summed E-state index contributed by atoms with van der Waals surface area (Å²) in [7, 11) is 3.25. The van der Waals surface area contributed by atoms with Crippen LogP contribution in [0.2, 0.25) is 0 Å². The van der Waals surface area contributed by atoms with E-state index in [4.69, 9.17) is 18.9 Å². The van der Waals surface area contributed by atoms with Crippen LogP contribution < -0.4 is 0 Å². The number of rotatable bonds is 4. The number of hydrogen-bond acceptors (Lipinski definition) is 4. The minimum atomic E-state index is -0.250. The highest BCUT2D eigenvalue weighted by molar-refractivity contribution is 4.64. The quantitative estimate of drug-likeness (QED) is 0.584. The Morgan fingerprint density at radius 1 is 1.36 bits per heavy atom. The molecule has 0 aromatic heterocycles. The summed E-state index contributed by atoms with van der Waals surface area (Å²) in [6.07, 6.45) is -0.359. The third-order valence-corrected chi connectivity index (χ3v) is 1.58. The van der Waals surface area contributed by atoms with Crippen molar-refractivity contribution < 1.29 is 18.9 Å². The Labute approximate surface area is 66.4 Å². The highest BCUT2D eigenvalue weighted by atomic mass is 16.7. The molecule has 0 aliphatic carbocycles. The van der Waals surface area contributed by atoms with E-state index in [1.54, 1.807) is 14.2 Å². The molecule has 4 heteroatoms. The van der Waals surface area contributed by atoms with Gasteiger partial charge in [-0.05, 0) is 0 Å². The number of ether oxygens (including phenoxy) is 4. The fourth-order valence-electron chi connectivity index (χ4n) is 1.01. The summed E-state index contributed by atoms with van der Waals surface area (Å²) >= 11 is 0. The highest BCUT2D eigenvalue weighted by Gasteiger charge is 2.26. The molecular weight excluding hydrogens is 148 g/mol. The summed E-state index contributed by atoms with van der Waals surface area (Å²) in [4.78, 5) is 0. The van der Waals surface area contributed by atoms with Gasteiger partial charge in [0.15, 0.2) is 6.29 Å². The molecule has 1 heterocycles. The van der Waals surface area contributed by atoms with Crippen LogP contribution in [-0.2, 0) is 18.9 Å². The zero-order valence-corrected chi connectivity index (χ0v) is 6.91. The molecule has 0 aromatic carbocycles. The Morgan fingerprint density at radius 2 is 2.00 bits per heavy atom. The maximum absolute atomic E-state index is 5.23. The molecule has 1 rings (SSSR count). The molecule has 0 spiro atoms. The number of methoxy groups -OCH3 is 2. The van der Waals surface area contributed by atoms with E-state index in [2.05, 4.69) is 0 Å². The second-order valence-corrected chi connectivity index (χ2v) is 2.34. The van der Waals surface area contributed by atoms with Crippen LogP contribution in [0.4, 0.5) is 0 Å². The third kappa shape index (κ3) is 2.41. The first-order valence-corrected chi connectivity index (χ1v) is 3.63. The van der Waals surface area contributed by atoms with E-state index in [1.165, 1.54) is 0 Å². The first-order valence-electron chi connectivity index (χ1n) is 3.63. The second-order valence-electron chi connectivity index (χ2n) is 2.34. The molecule has 0 unspecified atom stereocenters. The van der Waals surface area contributed by atoms with E-state index in [1.807, 2.05) is 0 Å². The van der Waals surface area contributed by atoms with Crippen molar-refractivity contribution in [1.82, 2.24) is 0 Å². The molecule has 1 fully saturated rings. The second kappa shape index (κ2) is 4.66. The van der Waals surface area contributed by atoms with E-state index >= 15 is 0 Å². The Morgan fingerprint density at radius 3 is 2.45 bits per heavy atom. The minimum absolute atomic E-state index is 0.109. The molecule has 0 bridgehead atoms. The first kappa shape index (κ1) is 8.93. The summed E-state index contributed by atoms with van der Waals surface area (Å²) < 4.78 is 20.5. The van der Waals surface area contributed by atoms with Gasteiger partial charge in [0.05, 0.1) is 19.8 Å². The summed E-state index contributed by atoms with van der Waals surface area (Å²) in [6, 6.07) is 0. The number of hydrogen-bond donors (Lipinski definition) is 0. The van der Waals surface area contributed by atoms with Gasteiger partial charge in [-0.3, -0.25) is 0 Å². The summed E-state index contributed by atoms with van der Waals surface area (Å²) in [6.45, 7) is 1.80. The lowest BCUT2D eigenvalue weighted by atomic mass is 10.4. The lowest BCUT2D eigenvalue weighted by Crippen LogP contribution is -2.32. The van der Waals surface area contributed by atoms with Crippen molar-refractivity contribution in [3.8, 4) is 0 Å². The summed E-state index contributed by atoms with van der Waals surface area (Å²) in [5, 5.41) is 0. The molecule has 1 aliphatic heterocycles. The molecule has 0 saturated carbocycles. The predicted octanol–water partition coefficient (Wildman–Crippen LogP) is 0.0207. The molecule has 1 atom stereocenters. The lowest BCUT2D eigenvalue weighted by Gasteiger charge is -2.19. The van der Waals surface area contributed by atoms with Crippen molar-refractivity contribution in [3.05, 3.63) is 0 Å². The third-order valence-electron chi connectivity index (χ3n) is 1.58. The molecule has 0 N–H and O–H groups in total. The lowest BCUT2D eigenvalue weighted by molar-refractivity contribution is -0.149. The maximum Gasteiger partial charge on any atom is 0.186 e. The average molecular weight is 162 g/mol. The molecule has 66 valence electrons. The van der Waals surface area contributed by atoms with E-state index in [0.717, 1.165) is 0 Å². The van der Waals surface area contributed by atoms with Gasteiger partial charge in [-0.15, -0.1) is 0 Å². The molecule has 1 aliphatic rings. The molecule has 0 aromatic rings. The van der Waals surface area contributed by atoms with Gasteiger partial charge in [0.1, 0.15) is 6.10 Å². The van der Waals surface area contributed by atoms with E-state index in [0.29, 0.717) is 19.8 Å². The molecule has 0 amide bonds. The Kier molecular flexibility index (Phi) is 3.79. The van der Waals surface area contributed by atoms with E-state index < -0.39 is 0 Å². The van der Waals surface area contributed by atoms with Crippen LogP contribution in [0.15, 0.2) is 0 Å². The van der Waals surface area contributed by atoms with Crippen molar-refractivity contribution in [2.24, 2.45) is 0 Å². The van der Waals surface area contributed by atoms with Gasteiger partial charge >= 0.3 is 0 Å². The van der Waals surface area contributed by atoms with Crippen LogP contribution in [0.5, 0.6) is 0 Å². The van der Waals surface area contributed by atoms with Gasteiger partial charge in [-0.25, -0.2) is 0 Å². The van der Waals surface area contributed by atoms with Crippen LogP contribution in [0, 0.1) is 0 Å². The van der Waals surface area contributed by atoms with Crippen LogP contribution in [0.3, 0.4) is 0 Å². The van der Waals surface area contributed by atoms with E-state index in [-0.39, 0.29) is 12.4 Å². The van der Waals surface area contributed by atoms with Crippen LogP contribution in [0.1, 0.15) is 0 Å².